The first-order valence-corrected chi connectivity index (χ1v) is 5.15. The van der Waals surface area contributed by atoms with Crippen molar-refractivity contribution in [3.8, 4) is 18.1 Å². The van der Waals surface area contributed by atoms with Gasteiger partial charge in [0.15, 0.2) is 0 Å². The van der Waals surface area contributed by atoms with E-state index in [1.807, 2.05) is 0 Å². The summed E-state index contributed by atoms with van der Waals surface area (Å²) in [7, 11) is 0. The third-order valence-corrected chi connectivity index (χ3v) is 1.89. The molecular formula is C13H13NO3. The Bertz CT molecular complexity index is 429. The summed E-state index contributed by atoms with van der Waals surface area (Å²) in [6.07, 6.45) is 10.6. The van der Waals surface area contributed by atoms with E-state index in [1.54, 1.807) is 18.3 Å². The lowest BCUT2D eigenvalue weighted by molar-refractivity contribution is -0.131. The Balaban J connectivity index is 2.45. The number of ether oxygens (including phenoxy) is 1. The maximum atomic E-state index is 10.3. The second kappa shape index (κ2) is 7.07. The van der Waals surface area contributed by atoms with Crippen LogP contribution in [0.1, 0.15) is 18.5 Å². The lowest BCUT2D eigenvalue weighted by Gasteiger charge is -2.04. The minimum atomic E-state index is -0.999. The summed E-state index contributed by atoms with van der Waals surface area (Å²) >= 11 is 0. The van der Waals surface area contributed by atoms with Crippen LogP contribution in [0.15, 0.2) is 24.4 Å². The number of terminal acetylenes is 1. The molecule has 1 aromatic heterocycles. The Hall–Kier alpha value is -2.28. The van der Waals surface area contributed by atoms with Crippen LogP contribution in [0, 0.1) is 12.3 Å². The summed E-state index contributed by atoms with van der Waals surface area (Å²) in [5.41, 5.74) is 0.573. The molecule has 0 saturated carbocycles. The molecule has 0 aliphatic rings. The maximum Gasteiger partial charge on any atom is 0.328 e. The van der Waals surface area contributed by atoms with Crippen molar-refractivity contribution in [1.29, 1.82) is 0 Å². The molecule has 0 spiro atoms. The van der Waals surface area contributed by atoms with Gasteiger partial charge in [-0.15, -0.1) is 12.3 Å². The molecule has 0 aliphatic carbocycles. The van der Waals surface area contributed by atoms with Crippen LogP contribution in [0.2, 0.25) is 0 Å². The largest absolute Gasteiger partial charge is 0.492 e. The molecule has 4 nitrogen and oxygen atoms in total. The Morgan fingerprint density at radius 3 is 3.00 bits per heavy atom. The van der Waals surface area contributed by atoms with Gasteiger partial charge in [0.05, 0.1) is 18.5 Å². The highest BCUT2D eigenvalue weighted by molar-refractivity contribution is 5.84. The van der Waals surface area contributed by atoms with Gasteiger partial charge in [0.2, 0.25) is 0 Å². The van der Waals surface area contributed by atoms with Crippen LogP contribution in [0.5, 0.6) is 5.75 Å². The first kappa shape index (κ1) is 12.8. The van der Waals surface area contributed by atoms with Gasteiger partial charge in [-0.1, -0.05) is 0 Å². The molecule has 0 fully saturated rings. The Morgan fingerprint density at radius 1 is 1.59 bits per heavy atom. The molecule has 0 unspecified atom stereocenters. The number of rotatable bonds is 6. The summed E-state index contributed by atoms with van der Waals surface area (Å²) in [5.74, 6) is 2.18. The lowest BCUT2D eigenvalue weighted by atomic mass is 10.3. The zero-order chi connectivity index (χ0) is 12.5. The number of aromatic nitrogens is 1. The van der Waals surface area contributed by atoms with Crippen molar-refractivity contribution in [3.05, 3.63) is 30.1 Å². The van der Waals surface area contributed by atoms with Gasteiger partial charge in [-0.3, -0.25) is 4.98 Å². The Kier molecular flexibility index (Phi) is 5.32. The average Bonchev–Trinajstić information content (AvgIpc) is 2.33. The van der Waals surface area contributed by atoms with Crippen LogP contribution in [0.25, 0.3) is 6.08 Å². The number of hydrogen-bond acceptors (Lipinski definition) is 3. The van der Waals surface area contributed by atoms with Crippen molar-refractivity contribution >= 4 is 12.0 Å². The zero-order valence-corrected chi connectivity index (χ0v) is 9.30. The number of carboxylic acid groups (broad SMARTS) is 1. The number of pyridine rings is 1. The molecule has 17 heavy (non-hydrogen) atoms. The number of unbranched alkanes of at least 4 members (excludes halogenated alkanes) is 1. The predicted octanol–water partition coefficient (Wildman–Crippen LogP) is 1.97. The number of nitrogens with zero attached hydrogens (tertiary/aromatic N) is 1. The molecule has 0 saturated heterocycles. The fourth-order valence-electron chi connectivity index (χ4n) is 1.10. The molecule has 1 N–H and O–H groups in total. The summed E-state index contributed by atoms with van der Waals surface area (Å²) in [4.78, 5) is 14.3. The molecule has 1 heterocycles. The second-order valence-electron chi connectivity index (χ2n) is 3.25. The van der Waals surface area contributed by atoms with Crippen LogP contribution in [-0.2, 0) is 4.79 Å². The Labute approximate surface area is 99.9 Å². The van der Waals surface area contributed by atoms with Crippen molar-refractivity contribution in [2.24, 2.45) is 0 Å². The van der Waals surface area contributed by atoms with E-state index in [2.05, 4.69) is 10.9 Å². The van der Waals surface area contributed by atoms with Crippen molar-refractivity contribution in [1.82, 2.24) is 4.98 Å². The zero-order valence-electron chi connectivity index (χ0n) is 9.30. The minimum Gasteiger partial charge on any atom is -0.492 e. The highest BCUT2D eigenvalue weighted by Crippen LogP contribution is 2.10. The smallest absolute Gasteiger partial charge is 0.328 e. The van der Waals surface area contributed by atoms with Crippen molar-refractivity contribution in [3.63, 3.8) is 0 Å². The van der Waals surface area contributed by atoms with Crippen molar-refractivity contribution < 1.29 is 14.6 Å². The topological polar surface area (TPSA) is 59.4 Å². The quantitative estimate of drug-likeness (QED) is 0.462. The summed E-state index contributed by atoms with van der Waals surface area (Å²) < 4.78 is 5.39. The van der Waals surface area contributed by atoms with E-state index in [0.29, 0.717) is 24.5 Å². The monoisotopic (exact) mass is 231 g/mol. The van der Waals surface area contributed by atoms with E-state index >= 15 is 0 Å². The van der Waals surface area contributed by atoms with Crippen LogP contribution in [-0.4, -0.2) is 22.7 Å². The Morgan fingerprint density at radius 2 is 2.41 bits per heavy atom. The van der Waals surface area contributed by atoms with E-state index < -0.39 is 5.97 Å². The maximum absolute atomic E-state index is 10.3. The fourth-order valence-corrected chi connectivity index (χ4v) is 1.10. The summed E-state index contributed by atoms with van der Waals surface area (Å²) in [6.45, 7) is 0.552. The van der Waals surface area contributed by atoms with Gasteiger partial charge in [-0.25, -0.2) is 4.79 Å². The number of carboxylic acids is 1. The normalized spacial score (nSPS) is 10.1. The standard InChI is InChI=1S/C13H13NO3/c1-2-3-4-9-17-12-7-5-11(14-10-12)6-8-13(15)16/h1,5-8,10H,3-4,9H2,(H,15,16)/b8-6+. The van der Waals surface area contributed by atoms with Crippen LogP contribution >= 0.6 is 0 Å². The molecule has 1 aromatic rings. The lowest BCUT2D eigenvalue weighted by Crippen LogP contribution is -1.97. The van der Waals surface area contributed by atoms with E-state index in [1.165, 1.54) is 6.08 Å². The van der Waals surface area contributed by atoms with Gasteiger partial charge < -0.3 is 9.84 Å². The number of aliphatic carboxylic acids is 1. The van der Waals surface area contributed by atoms with Gasteiger partial charge in [0, 0.05) is 12.5 Å². The molecular weight excluding hydrogens is 218 g/mol. The highest BCUT2D eigenvalue weighted by Gasteiger charge is 1.95. The fraction of sp³-hybridized carbons (Fsp3) is 0.231. The SMILES string of the molecule is C#CCCCOc1ccc(/C=C/C(=O)O)nc1. The third kappa shape index (κ3) is 5.38. The third-order valence-electron chi connectivity index (χ3n) is 1.89. The number of hydrogen-bond donors (Lipinski definition) is 1. The van der Waals surface area contributed by atoms with Gasteiger partial charge in [0.1, 0.15) is 5.75 Å². The highest BCUT2D eigenvalue weighted by atomic mass is 16.5. The molecule has 0 amide bonds. The molecule has 0 bridgehead atoms. The molecule has 0 atom stereocenters. The van der Waals surface area contributed by atoms with Crippen LogP contribution < -0.4 is 4.74 Å². The van der Waals surface area contributed by atoms with E-state index in [9.17, 15) is 4.79 Å². The van der Waals surface area contributed by atoms with Crippen molar-refractivity contribution in [2.75, 3.05) is 6.61 Å². The van der Waals surface area contributed by atoms with Crippen molar-refractivity contribution in [2.45, 2.75) is 12.8 Å². The summed E-state index contributed by atoms with van der Waals surface area (Å²) in [5, 5.41) is 8.44. The minimum absolute atomic E-state index is 0.552. The van der Waals surface area contributed by atoms with E-state index in [-0.39, 0.29) is 0 Å². The molecule has 1 rings (SSSR count). The average molecular weight is 231 g/mol. The van der Waals surface area contributed by atoms with Gasteiger partial charge in [0.25, 0.3) is 0 Å². The first-order chi connectivity index (χ1) is 8.22. The van der Waals surface area contributed by atoms with E-state index in [4.69, 9.17) is 16.3 Å². The molecule has 0 aliphatic heterocycles. The molecule has 4 heteroatoms. The van der Waals surface area contributed by atoms with Gasteiger partial charge in [-0.2, -0.15) is 0 Å². The summed E-state index contributed by atoms with van der Waals surface area (Å²) in [6, 6.07) is 3.43. The molecule has 0 radical (unpaired) electrons. The van der Waals surface area contributed by atoms with E-state index in [0.717, 1.165) is 12.5 Å². The molecule has 0 aromatic carbocycles. The van der Waals surface area contributed by atoms with Gasteiger partial charge in [-0.05, 0) is 24.6 Å². The van der Waals surface area contributed by atoms with Crippen LogP contribution in [0.4, 0.5) is 0 Å². The second-order valence-corrected chi connectivity index (χ2v) is 3.25. The van der Waals surface area contributed by atoms with Crippen LogP contribution in [0.3, 0.4) is 0 Å². The van der Waals surface area contributed by atoms with Gasteiger partial charge >= 0.3 is 5.97 Å². The molecule has 88 valence electrons. The first-order valence-electron chi connectivity index (χ1n) is 5.15. The predicted molar refractivity (Wildman–Crippen MR) is 64.5 cm³/mol. The number of carbonyl (C=O) groups is 1.